The Kier molecular flexibility index (Phi) is 3.98. The van der Waals surface area contributed by atoms with Gasteiger partial charge in [0.1, 0.15) is 0 Å². The Morgan fingerprint density at radius 2 is 1.91 bits per heavy atom. The molecule has 1 aromatic heterocycles. The van der Waals surface area contributed by atoms with Gasteiger partial charge in [-0.1, -0.05) is 0 Å². The number of ether oxygens (including phenoxy) is 2. The highest BCUT2D eigenvalue weighted by Gasteiger charge is 2.16. The zero-order valence-electron chi connectivity index (χ0n) is 12.0. The van der Waals surface area contributed by atoms with Gasteiger partial charge in [-0.2, -0.15) is 5.10 Å². The molecule has 1 aromatic carbocycles. The normalized spacial score (nSPS) is 13.0. The minimum Gasteiger partial charge on any atom is -0.544 e. The molecule has 0 bridgehead atoms. The summed E-state index contributed by atoms with van der Waals surface area (Å²) in [6.45, 7) is 1.81. The number of carboxylic acids is 1. The van der Waals surface area contributed by atoms with Crippen molar-refractivity contribution in [1.29, 1.82) is 0 Å². The summed E-state index contributed by atoms with van der Waals surface area (Å²) in [7, 11) is 0. The summed E-state index contributed by atoms with van der Waals surface area (Å²) >= 11 is 1.03. The number of hydrogen-bond donors (Lipinski definition) is 1. The van der Waals surface area contributed by atoms with E-state index in [2.05, 4.69) is 10.5 Å². The van der Waals surface area contributed by atoms with E-state index in [1.807, 2.05) is 0 Å². The number of carbonyl (C=O) groups excluding carboxylic acids is 2. The molecule has 0 unspecified atom stereocenters. The van der Waals surface area contributed by atoms with Gasteiger partial charge < -0.3 is 19.4 Å². The number of carbonyl (C=O) groups is 2. The van der Waals surface area contributed by atoms with Gasteiger partial charge in [-0.05, 0) is 37.3 Å². The minimum absolute atomic E-state index is 0.108. The first-order chi connectivity index (χ1) is 11.0. The van der Waals surface area contributed by atoms with Gasteiger partial charge in [-0.3, -0.25) is 4.79 Å². The number of hydrazone groups is 1. The van der Waals surface area contributed by atoms with E-state index >= 15 is 0 Å². The van der Waals surface area contributed by atoms with Crippen LogP contribution in [0.3, 0.4) is 0 Å². The molecule has 0 atom stereocenters. The van der Waals surface area contributed by atoms with E-state index in [0.29, 0.717) is 27.7 Å². The van der Waals surface area contributed by atoms with E-state index in [9.17, 15) is 14.7 Å². The van der Waals surface area contributed by atoms with Gasteiger partial charge in [0, 0.05) is 5.56 Å². The third-order valence-electron chi connectivity index (χ3n) is 3.12. The lowest BCUT2D eigenvalue weighted by Crippen LogP contribution is -2.20. The van der Waals surface area contributed by atoms with Crippen molar-refractivity contribution in [2.75, 3.05) is 6.79 Å². The van der Waals surface area contributed by atoms with Crippen molar-refractivity contribution >= 4 is 28.9 Å². The summed E-state index contributed by atoms with van der Waals surface area (Å²) in [6.07, 6.45) is 0. The Bertz CT molecular complexity index is 812. The number of benzene rings is 1. The quantitative estimate of drug-likeness (QED) is 0.665. The van der Waals surface area contributed by atoms with Crippen molar-refractivity contribution in [2.45, 2.75) is 6.92 Å². The van der Waals surface area contributed by atoms with Gasteiger partial charge in [0.2, 0.25) is 6.79 Å². The van der Waals surface area contributed by atoms with Crippen molar-refractivity contribution < 1.29 is 24.2 Å². The molecular weight excluding hydrogens is 320 g/mol. The molecular formula is C15H11N2O5S-. The molecule has 0 fully saturated rings. The first-order valence-corrected chi connectivity index (χ1v) is 7.42. The Morgan fingerprint density at radius 3 is 2.65 bits per heavy atom. The molecule has 7 nitrogen and oxygen atoms in total. The van der Waals surface area contributed by atoms with Crippen LogP contribution >= 0.6 is 11.3 Å². The third kappa shape index (κ3) is 3.16. The van der Waals surface area contributed by atoms with Crippen LogP contribution in [0.4, 0.5) is 0 Å². The number of fused-ring (bicyclic) bond motifs is 1. The number of amides is 1. The Morgan fingerprint density at radius 1 is 1.17 bits per heavy atom. The first kappa shape index (κ1) is 15.0. The molecule has 23 heavy (non-hydrogen) atoms. The molecule has 0 saturated heterocycles. The molecule has 1 N–H and O–H groups in total. The monoisotopic (exact) mass is 331 g/mol. The Balaban J connectivity index is 1.70. The van der Waals surface area contributed by atoms with E-state index in [0.717, 1.165) is 11.3 Å². The van der Waals surface area contributed by atoms with Crippen LogP contribution in [-0.2, 0) is 0 Å². The average Bonchev–Trinajstić information content (AvgIpc) is 3.20. The lowest BCUT2D eigenvalue weighted by Gasteiger charge is -2.03. The van der Waals surface area contributed by atoms with E-state index in [-0.39, 0.29) is 11.7 Å². The van der Waals surface area contributed by atoms with E-state index in [1.165, 1.54) is 6.07 Å². The highest BCUT2D eigenvalue weighted by atomic mass is 32.1. The summed E-state index contributed by atoms with van der Waals surface area (Å²) in [4.78, 5) is 23.6. The topological polar surface area (TPSA) is 100 Å². The first-order valence-electron chi connectivity index (χ1n) is 6.60. The fourth-order valence-electron chi connectivity index (χ4n) is 1.93. The van der Waals surface area contributed by atoms with Crippen LogP contribution in [0.2, 0.25) is 0 Å². The number of thiophene rings is 1. The number of nitrogens with zero attached hydrogens (tertiary/aromatic N) is 1. The molecule has 0 aliphatic carbocycles. The molecule has 0 spiro atoms. The summed E-state index contributed by atoms with van der Waals surface area (Å²) in [6, 6.07) is 7.88. The van der Waals surface area contributed by atoms with Gasteiger partial charge in [0.25, 0.3) is 5.91 Å². The number of nitrogens with one attached hydrogen (secondary N) is 1. The number of aromatic carboxylic acids is 1. The van der Waals surface area contributed by atoms with Crippen LogP contribution in [-0.4, -0.2) is 24.4 Å². The van der Waals surface area contributed by atoms with Crippen LogP contribution in [0.1, 0.15) is 31.8 Å². The second-order valence-corrected chi connectivity index (χ2v) is 5.74. The molecule has 8 heteroatoms. The molecule has 2 heterocycles. The molecule has 0 radical (unpaired) electrons. The van der Waals surface area contributed by atoms with Gasteiger partial charge in [0.05, 0.1) is 21.4 Å². The molecule has 1 aliphatic rings. The van der Waals surface area contributed by atoms with E-state index in [1.54, 1.807) is 31.2 Å². The summed E-state index contributed by atoms with van der Waals surface area (Å²) < 4.78 is 10.4. The predicted molar refractivity (Wildman–Crippen MR) is 80.9 cm³/mol. The summed E-state index contributed by atoms with van der Waals surface area (Å²) in [5.41, 5.74) is 3.30. The Labute approximate surface area is 135 Å². The second-order valence-electron chi connectivity index (χ2n) is 4.66. The van der Waals surface area contributed by atoms with E-state index in [4.69, 9.17) is 9.47 Å². The van der Waals surface area contributed by atoms with Gasteiger partial charge in [-0.25, -0.2) is 5.43 Å². The highest BCUT2D eigenvalue weighted by molar-refractivity contribution is 7.15. The average molecular weight is 331 g/mol. The molecule has 1 amide bonds. The van der Waals surface area contributed by atoms with Crippen molar-refractivity contribution in [3.05, 3.63) is 45.6 Å². The maximum Gasteiger partial charge on any atom is 0.271 e. The second kappa shape index (κ2) is 6.09. The van der Waals surface area contributed by atoms with Crippen molar-refractivity contribution in [3.8, 4) is 11.5 Å². The van der Waals surface area contributed by atoms with E-state index < -0.39 is 11.9 Å². The maximum atomic E-state index is 12.1. The smallest absolute Gasteiger partial charge is 0.271 e. The van der Waals surface area contributed by atoms with Crippen LogP contribution in [0.25, 0.3) is 0 Å². The summed E-state index contributed by atoms with van der Waals surface area (Å²) in [5, 5.41) is 14.7. The summed E-state index contributed by atoms with van der Waals surface area (Å²) in [5.74, 6) is -0.539. The number of carboxylic acid groups (broad SMARTS) is 1. The number of rotatable bonds is 4. The number of hydrogen-bond acceptors (Lipinski definition) is 7. The van der Waals surface area contributed by atoms with Crippen LogP contribution in [0.5, 0.6) is 11.5 Å². The highest BCUT2D eigenvalue weighted by Crippen LogP contribution is 2.32. The maximum absolute atomic E-state index is 12.1. The van der Waals surface area contributed by atoms with Gasteiger partial charge in [-0.15, -0.1) is 11.3 Å². The van der Waals surface area contributed by atoms with Crippen LogP contribution < -0.4 is 20.0 Å². The zero-order valence-corrected chi connectivity index (χ0v) is 12.8. The van der Waals surface area contributed by atoms with Crippen LogP contribution in [0.15, 0.2) is 35.4 Å². The standard InChI is InChI=1S/C15H12N2O5S/c1-8(12-4-5-13(23-12)15(19)20)16-17-14(18)9-2-3-10-11(6-9)22-7-21-10/h2-6H,7H2,1H3,(H,17,18)(H,19,20)/p-1/b16-8+. The SMILES string of the molecule is C/C(=N\NC(=O)c1ccc2c(c1)OCO2)c1ccc(C(=O)[O-])s1. The molecule has 0 saturated carbocycles. The minimum atomic E-state index is -1.24. The molecule has 2 aromatic rings. The zero-order chi connectivity index (χ0) is 16.4. The van der Waals surface area contributed by atoms with Gasteiger partial charge >= 0.3 is 0 Å². The van der Waals surface area contributed by atoms with Gasteiger partial charge in [0.15, 0.2) is 11.5 Å². The lowest BCUT2D eigenvalue weighted by atomic mass is 10.2. The Hall–Kier alpha value is -2.87. The van der Waals surface area contributed by atoms with Crippen molar-refractivity contribution in [2.24, 2.45) is 5.10 Å². The lowest BCUT2D eigenvalue weighted by molar-refractivity contribution is -0.254. The fraction of sp³-hybridized carbons (Fsp3) is 0.133. The molecule has 118 valence electrons. The molecule has 3 rings (SSSR count). The molecule has 1 aliphatic heterocycles. The van der Waals surface area contributed by atoms with Crippen molar-refractivity contribution in [1.82, 2.24) is 5.43 Å². The third-order valence-corrected chi connectivity index (χ3v) is 4.30. The van der Waals surface area contributed by atoms with Crippen molar-refractivity contribution in [3.63, 3.8) is 0 Å². The largest absolute Gasteiger partial charge is 0.544 e. The van der Waals surface area contributed by atoms with Crippen LogP contribution in [0, 0.1) is 0 Å². The fourth-order valence-corrected chi connectivity index (χ4v) is 2.72. The predicted octanol–water partition coefficient (Wildman–Crippen LogP) is 0.994.